The number of aryl methyl sites for hydroxylation is 1. The Labute approximate surface area is 122 Å². The van der Waals surface area contributed by atoms with E-state index in [1.54, 1.807) is 25.1 Å². The van der Waals surface area contributed by atoms with Crippen LogP contribution in [0.3, 0.4) is 0 Å². The monoisotopic (exact) mass is 281 g/mol. The van der Waals surface area contributed by atoms with E-state index in [-0.39, 0.29) is 5.82 Å². The van der Waals surface area contributed by atoms with Crippen molar-refractivity contribution in [3.05, 3.63) is 77.2 Å². The van der Waals surface area contributed by atoms with E-state index in [0.29, 0.717) is 17.5 Å². The summed E-state index contributed by atoms with van der Waals surface area (Å²) in [5.41, 5.74) is 2.50. The number of hydrogen-bond acceptors (Lipinski definition) is 2. The molecule has 1 aromatic heterocycles. The molecule has 3 rings (SSSR count). The molecule has 0 bridgehead atoms. The molecule has 1 N–H and O–H groups in total. The Morgan fingerprint density at radius 3 is 2.71 bits per heavy atom. The molecule has 1 atom stereocenters. The predicted octanol–water partition coefficient (Wildman–Crippen LogP) is 3.96. The lowest BCUT2D eigenvalue weighted by molar-refractivity contribution is 0.172. The molecule has 0 radical (unpaired) electrons. The number of nitrogens with zero attached hydrogens (tertiary/aromatic N) is 1. The summed E-state index contributed by atoms with van der Waals surface area (Å²) in [6, 6.07) is 16.7. The first-order valence-corrected chi connectivity index (χ1v) is 6.93. The lowest BCUT2D eigenvalue weighted by atomic mass is 10.0. The highest BCUT2D eigenvalue weighted by atomic mass is 19.1. The number of aliphatic hydroxyl groups is 1. The van der Waals surface area contributed by atoms with Crippen LogP contribution < -0.4 is 0 Å². The number of aromatic nitrogens is 1. The molecule has 2 nitrogen and oxygen atoms in total. The first kappa shape index (κ1) is 13.7. The van der Waals surface area contributed by atoms with E-state index < -0.39 is 6.10 Å². The van der Waals surface area contributed by atoms with Crippen LogP contribution in [0.5, 0.6) is 0 Å². The van der Waals surface area contributed by atoms with Crippen LogP contribution in [0.4, 0.5) is 4.39 Å². The minimum absolute atomic E-state index is 0.297. The van der Waals surface area contributed by atoms with Crippen molar-refractivity contribution >= 4 is 10.9 Å². The largest absolute Gasteiger partial charge is 0.388 e. The third-order valence-corrected chi connectivity index (χ3v) is 3.64. The number of pyridine rings is 1. The van der Waals surface area contributed by atoms with Crippen molar-refractivity contribution in [2.45, 2.75) is 19.4 Å². The van der Waals surface area contributed by atoms with Crippen molar-refractivity contribution < 1.29 is 9.50 Å². The van der Waals surface area contributed by atoms with Crippen molar-refractivity contribution in [2.75, 3.05) is 0 Å². The molecule has 21 heavy (non-hydrogen) atoms. The molecule has 1 heterocycles. The van der Waals surface area contributed by atoms with Crippen LogP contribution in [0.15, 0.2) is 54.6 Å². The van der Waals surface area contributed by atoms with Gasteiger partial charge < -0.3 is 5.11 Å². The molecule has 0 spiro atoms. The fourth-order valence-corrected chi connectivity index (χ4v) is 2.46. The Morgan fingerprint density at radius 2 is 1.86 bits per heavy atom. The normalized spacial score (nSPS) is 12.5. The summed E-state index contributed by atoms with van der Waals surface area (Å²) in [7, 11) is 0. The Hall–Kier alpha value is -2.26. The third-order valence-electron chi connectivity index (χ3n) is 3.64. The quantitative estimate of drug-likeness (QED) is 0.788. The maximum atomic E-state index is 14.0. The molecular weight excluding hydrogens is 265 g/mol. The molecule has 0 aliphatic rings. The summed E-state index contributed by atoms with van der Waals surface area (Å²) < 4.78 is 14.0. The standard InChI is InChI=1S/C18H16FNO/c1-12-5-4-7-15(18(12)19)17(21)11-14-10-9-13-6-2-3-8-16(13)20-14/h2-10,17,21H,11H2,1H3. The Morgan fingerprint density at radius 1 is 1.05 bits per heavy atom. The maximum Gasteiger partial charge on any atom is 0.131 e. The fourth-order valence-electron chi connectivity index (χ4n) is 2.46. The van der Waals surface area contributed by atoms with Gasteiger partial charge in [-0.1, -0.05) is 42.5 Å². The van der Waals surface area contributed by atoms with Crippen LogP contribution >= 0.6 is 0 Å². The second-order valence-electron chi connectivity index (χ2n) is 5.19. The zero-order valence-corrected chi connectivity index (χ0v) is 11.8. The van der Waals surface area contributed by atoms with Crippen molar-refractivity contribution in [1.82, 2.24) is 4.98 Å². The summed E-state index contributed by atoms with van der Waals surface area (Å²) >= 11 is 0. The van der Waals surface area contributed by atoms with Gasteiger partial charge in [-0.15, -0.1) is 0 Å². The van der Waals surface area contributed by atoms with Crippen LogP contribution in [0.25, 0.3) is 10.9 Å². The summed E-state index contributed by atoms with van der Waals surface area (Å²) in [6.45, 7) is 1.69. The zero-order chi connectivity index (χ0) is 14.8. The van der Waals surface area contributed by atoms with Crippen LogP contribution in [0.1, 0.15) is 22.9 Å². The van der Waals surface area contributed by atoms with E-state index in [1.165, 1.54) is 0 Å². The molecule has 3 heteroatoms. The van der Waals surface area contributed by atoms with Gasteiger partial charge in [-0.2, -0.15) is 0 Å². The average molecular weight is 281 g/mol. The predicted molar refractivity (Wildman–Crippen MR) is 81.5 cm³/mol. The van der Waals surface area contributed by atoms with Crippen LogP contribution in [0.2, 0.25) is 0 Å². The van der Waals surface area contributed by atoms with Gasteiger partial charge in [-0.05, 0) is 24.6 Å². The van der Waals surface area contributed by atoms with Crippen molar-refractivity contribution in [3.63, 3.8) is 0 Å². The Balaban J connectivity index is 1.89. The lowest BCUT2D eigenvalue weighted by Gasteiger charge is -2.13. The topological polar surface area (TPSA) is 33.1 Å². The maximum absolute atomic E-state index is 14.0. The van der Waals surface area contributed by atoms with Gasteiger partial charge in [0.05, 0.1) is 11.6 Å². The molecule has 1 unspecified atom stereocenters. The van der Waals surface area contributed by atoms with E-state index in [2.05, 4.69) is 4.98 Å². The van der Waals surface area contributed by atoms with Gasteiger partial charge in [-0.25, -0.2) is 4.39 Å². The highest BCUT2D eigenvalue weighted by Gasteiger charge is 2.15. The van der Waals surface area contributed by atoms with Gasteiger partial charge in [0, 0.05) is 23.1 Å². The van der Waals surface area contributed by atoms with Crippen LogP contribution in [-0.2, 0) is 6.42 Å². The average Bonchev–Trinajstić information content (AvgIpc) is 2.50. The van der Waals surface area contributed by atoms with E-state index in [4.69, 9.17) is 0 Å². The van der Waals surface area contributed by atoms with E-state index in [0.717, 1.165) is 16.6 Å². The smallest absolute Gasteiger partial charge is 0.131 e. The zero-order valence-electron chi connectivity index (χ0n) is 11.8. The third kappa shape index (κ3) is 2.78. The van der Waals surface area contributed by atoms with Gasteiger partial charge in [0.25, 0.3) is 0 Å². The number of hydrogen-bond donors (Lipinski definition) is 1. The van der Waals surface area contributed by atoms with Gasteiger partial charge >= 0.3 is 0 Å². The van der Waals surface area contributed by atoms with Gasteiger partial charge in [0.1, 0.15) is 5.82 Å². The first-order valence-electron chi connectivity index (χ1n) is 6.93. The van der Waals surface area contributed by atoms with Crippen LogP contribution in [0, 0.1) is 12.7 Å². The fraction of sp³-hybridized carbons (Fsp3) is 0.167. The highest BCUT2D eigenvalue weighted by molar-refractivity contribution is 5.78. The molecule has 0 amide bonds. The number of benzene rings is 2. The second-order valence-corrected chi connectivity index (χ2v) is 5.19. The number of fused-ring (bicyclic) bond motifs is 1. The SMILES string of the molecule is Cc1cccc(C(O)Cc2ccc3ccccc3n2)c1F. The van der Waals surface area contributed by atoms with E-state index in [9.17, 15) is 9.50 Å². The minimum atomic E-state index is -0.890. The Bertz CT molecular complexity index is 785. The Kier molecular flexibility index (Phi) is 3.67. The molecule has 0 aliphatic heterocycles. The van der Waals surface area contributed by atoms with Crippen molar-refractivity contribution in [3.8, 4) is 0 Å². The van der Waals surface area contributed by atoms with Gasteiger partial charge in [0.2, 0.25) is 0 Å². The van der Waals surface area contributed by atoms with Crippen LogP contribution in [-0.4, -0.2) is 10.1 Å². The molecular formula is C18H16FNO. The van der Waals surface area contributed by atoms with Gasteiger partial charge in [-0.3, -0.25) is 4.98 Å². The van der Waals surface area contributed by atoms with E-state index >= 15 is 0 Å². The van der Waals surface area contributed by atoms with E-state index in [1.807, 2.05) is 36.4 Å². The van der Waals surface area contributed by atoms with Crippen molar-refractivity contribution in [2.24, 2.45) is 0 Å². The molecule has 3 aromatic rings. The summed E-state index contributed by atoms with van der Waals surface area (Å²) in [5.74, 6) is -0.342. The molecule has 0 saturated heterocycles. The van der Waals surface area contributed by atoms with Gasteiger partial charge in [0.15, 0.2) is 0 Å². The first-order chi connectivity index (χ1) is 10.1. The highest BCUT2D eigenvalue weighted by Crippen LogP contribution is 2.23. The molecule has 0 fully saturated rings. The molecule has 106 valence electrons. The number of halogens is 1. The molecule has 2 aromatic carbocycles. The number of para-hydroxylation sites is 1. The minimum Gasteiger partial charge on any atom is -0.388 e. The second kappa shape index (κ2) is 5.62. The summed E-state index contributed by atoms with van der Waals surface area (Å²) in [5, 5.41) is 11.3. The summed E-state index contributed by atoms with van der Waals surface area (Å²) in [6.07, 6.45) is -0.593. The number of rotatable bonds is 3. The number of aliphatic hydroxyl groups excluding tert-OH is 1. The lowest BCUT2D eigenvalue weighted by Crippen LogP contribution is -2.06. The van der Waals surface area contributed by atoms with Crippen molar-refractivity contribution in [1.29, 1.82) is 0 Å². The molecule has 0 aliphatic carbocycles. The summed E-state index contributed by atoms with van der Waals surface area (Å²) in [4.78, 5) is 4.51. The molecule has 0 saturated carbocycles.